The first-order valence-corrected chi connectivity index (χ1v) is 7.46. The van der Waals surface area contributed by atoms with Crippen molar-refractivity contribution in [3.63, 3.8) is 0 Å². The third kappa shape index (κ3) is 3.59. The van der Waals surface area contributed by atoms with Crippen LogP contribution in [0.1, 0.15) is 39.5 Å². The summed E-state index contributed by atoms with van der Waals surface area (Å²) in [6, 6.07) is 3.84. The third-order valence-electron chi connectivity index (χ3n) is 3.79. The van der Waals surface area contributed by atoms with Gasteiger partial charge < -0.3 is 10.3 Å². The summed E-state index contributed by atoms with van der Waals surface area (Å²) < 4.78 is 2.23. The summed E-state index contributed by atoms with van der Waals surface area (Å²) in [5.41, 5.74) is 7.83. The molecule has 4 heteroatoms. The second-order valence-corrected chi connectivity index (χ2v) is 5.32. The van der Waals surface area contributed by atoms with Crippen LogP contribution < -0.4 is 5.73 Å². The highest BCUT2D eigenvalue weighted by Crippen LogP contribution is 2.22. The highest BCUT2D eigenvalue weighted by atomic mass is 15.0. The van der Waals surface area contributed by atoms with Gasteiger partial charge >= 0.3 is 0 Å². The first-order valence-electron chi connectivity index (χ1n) is 7.46. The van der Waals surface area contributed by atoms with Crippen LogP contribution in [0.25, 0.3) is 11.3 Å². The fraction of sp³-hybridized carbons (Fsp3) is 0.500. The summed E-state index contributed by atoms with van der Waals surface area (Å²) in [7, 11) is 0. The van der Waals surface area contributed by atoms with Crippen molar-refractivity contribution in [2.45, 2.75) is 46.1 Å². The van der Waals surface area contributed by atoms with E-state index in [1.807, 2.05) is 30.9 Å². The van der Waals surface area contributed by atoms with Crippen LogP contribution in [0.3, 0.4) is 0 Å². The SMILES string of the molecule is CCCCC(CC)Cn1cncc1-c1ccc(N)nc1. The molecule has 2 rings (SSSR count). The van der Waals surface area contributed by atoms with E-state index >= 15 is 0 Å². The summed E-state index contributed by atoms with van der Waals surface area (Å²) >= 11 is 0. The van der Waals surface area contributed by atoms with E-state index in [1.54, 1.807) is 0 Å². The van der Waals surface area contributed by atoms with Crippen molar-refractivity contribution >= 4 is 5.82 Å². The van der Waals surface area contributed by atoms with Gasteiger partial charge in [0.05, 0.1) is 18.2 Å². The molecule has 1 atom stereocenters. The Morgan fingerprint density at radius 2 is 2.10 bits per heavy atom. The van der Waals surface area contributed by atoms with Crippen LogP contribution >= 0.6 is 0 Å². The molecule has 0 aromatic carbocycles. The Hall–Kier alpha value is -1.84. The van der Waals surface area contributed by atoms with Gasteiger partial charge in [-0.15, -0.1) is 0 Å². The van der Waals surface area contributed by atoms with Crippen LogP contribution in [0, 0.1) is 5.92 Å². The normalized spacial score (nSPS) is 12.5. The van der Waals surface area contributed by atoms with Crippen molar-refractivity contribution in [1.29, 1.82) is 0 Å². The maximum absolute atomic E-state index is 5.64. The number of rotatable bonds is 7. The minimum absolute atomic E-state index is 0.550. The Balaban J connectivity index is 2.13. The van der Waals surface area contributed by atoms with Gasteiger partial charge in [0.15, 0.2) is 0 Å². The molecule has 0 bridgehead atoms. The van der Waals surface area contributed by atoms with Crippen LogP contribution in [0.4, 0.5) is 5.82 Å². The van der Waals surface area contributed by atoms with Crippen molar-refractivity contribution < 1.29 is 0 Å². The molecular formula is C16H24N4. The average Bonchev–Trinajstić information content (AvgIpc) is 2.92. The quantitative estimate of drug-likeness (QED) is 0.835. The molecule has 2 aromatic rings. The molecule has 0 saturated heterocycles. The largest absolute Gasteiger partial charge is 0.384 e. The van der Waals surface area contributed by atoms with Crippen LogP contribution in [0.2, 0.25) is 0 Å². The number of aromatic nitrogens is 3. The van der Waals surface area contributed by atoms with E-state index in [2.05, 4.69) is 28.4 Å². The number of hydrogen-bond acceptors (Lipinski definition) is 3. The monoisotopic (exact) mass is 272 g/mol. The van der Waals surface area contributed by atoms with E-state index in [0.717, 1.165) is 17.8 Å². The Morgan fingerprint density at radius 3 is 2.75 bits per heavy atom. The van der Waals surface area contributed by atoms with E-state index in [9.17, 15) is 0 Å². The molecule has 2 heterocycles. The maximum atomic E-state index is 5.64. The topological polar surface area (TPSA) is 56.7 Å². The number of imidazole rings is 1. The molecule has 0 radical (unpaired) electrons. The van der Waals surface area contributed by atoms with Crippen LogP contribution in [-0.2, 0) is 6.54 Å². The number of nitrogens with two attached hydrogens (primary N) is 1. The van der Waals surface area contributed by atoms with E-state index < -0.39 is 0 Å². The van der Waals surface area contributed by atoms with Gasteiger partial charge in [0.1, 0.15) is 5.82 Å². The van der Waals surface area contributed by atoms with Gasteiger partial charge in [-0.25, -0.2) is 9.97 Å². The number of unbranched alkanes of at least 4 members (excludes halogenated alkanes) is 1. The molecule has 0 aliphatic carbocycles. The fourth-order valence-corrected chi connectivity index (χ4v) is 2.46. The third-order valence-corrected chi connectivity index (χ3v) is 3.79. The molecule has 0 spiro atoms. The molecule has 1 unspecified atom stereocenters. The number of hydrogen-bond donors (Lipinski definition) is 1. The summed E-state index contributed by atoms with van der Waals surface area (Å²) in [5.74, 6) is 1.26. The minimum atomic E-state index is 0.550. The van der Waals surface area contributed by atoms with Crippen LogP contribution in [-0.4, -0.2) is 14.5 Å². The van der Waals surface area contributed by atoms with E-state index in [-0.39, 0.29) is 0 Å². The lowest BCUT2D eigenvalue weighted by molar-refractivity contribution is 0.392. The minimum Gasteiger partial charge on any atom is -0.384 e. The van der Waals surface area contributed by atoms with Gasteiger partial charge in [-0.3, -0.25) is 0 Å². The van der Waals surface area contributed by atoms with Crippen molar-refractivity contribution in [2.24, 2.45) is 5.92 Å². The van der Waals surface area contributed by atoms with E-state index in [0.29, 0.717) is 11.7 Å². The van der Waals surface area contributed by atoms with Crippen LogP contribution in [0.5, 0.6) is 0 Å². The molecule has 0 aliphatic heterocycles. The van der Waals surface area contributed by atoms with Crippen molar-refractivity contribution in [3.05, 3.63) is 30.9 Å². The zero-order chi connectivity index (χ0) is 14.4. The van der Waals surface area contributed by atoms with Gasteiger partial charge in [0, 0.05) is 18.3 Å². The van der Waals surface area contributed by atoms with E-state index in [4.69, 9.17) is 5.73 Å². The lowest BCUT2D eigenvalue weighted by atomic mass is 9.99. The number of nitrogens with zero attached hydrogens (tertiary/aromatic N) is 3. The summed E-state index contributed by atoms with van der Waals surface area (Å²) in [6.45, 7) is 5.54. The summed E-state index contributed by atoms with van der Waals surface area (Å²) in [4.78, 5) is 8.45. The second-order valence-electron chi connectivity index (χ2n) is 5.32. The predicted octanol–water partition coefficient (Wildman–Crippen LogP) is 3.74. The number of nitrogen functional groups attached to an aromatic ring is 1. The molecule has 0 saturated carbocycles. The highest BCUT2D eigenvalue weighted by Gasteiger charge is 2.11. The Morgan fingerprint density at radius 1 is 1.25 bits per heavy atom. The smallest absolute Gasteiger partial charge is 0.123 e. The number of anilines is 1. The van der Waals surface area contributed by atoms with Gasteiger partial charge in [0.2, 0.25) is 0 Å². The zero-order valence-electron chi connectivity index (χ0n) is 12.4. The molecule has 108 valence electrons. The average molecular weight is 272 g/mol. The Labute approximate surface area is 121 Å². The summed E-state index contributed by atoms with van der Waals surface area (Å²) in [6.07, 6.45) is 10.7. The van der Waals surface area contributed by atoms with E-state index in [1.165, 1.54) is 25.7 Å². The second kappa shape index (κ2) is 7.08. The van der Waals surface area contributed by atoms with Gasteiger partial charge in [-0.05, 0) is 24.5 Å². The first kappa shape index (κ1) is 14.6. The molecule has 0 aliphatic rings. The van der Waals surface area contributed by atoms with Gasteiger partial charge in [-0.1, -0.05) is 33.1 Å². The molecule has 0 amide bonds. The Bertz CT molecular complexity index is 516. The fourth-order valence-electron chi connectivity index (χ4n) is 2.46. The van der Waals surface area contributed by atoms with Crippen molar-refractivity contribution in [1.82, 2.24) is 14.5 Å². The van der Waals surface area contributed by atoms with Crippen molar-refractivity contribution in [2.75, 3.05) is 5.73 Å². The zero-order valence-corrected chi connectivity index (χ0v) is 12.4. The molecule has 20 heavy (non-hydrogen) atoms. The molecule has 0 fully saturated rings. The number of pyridine rings is 1. The molecule has 2 N–H and O–H groups in total. The Kier molecular flexibility index (Phi) is 5.16. The molecule has 2 aromatic heterocycles. The molecular weight excluding hydrogens is 248 g/mol. The summed E-state index contributed by atoms with van der Waals surface area (Å²) in [5, 5.41) is 0. The standard InChI is InChI=1S/C16H24N4/c1-3-5-6-13(4-2)11-20-12-18-10-15(20)14-7-8-16(17)19-9-14/h7-10,12-13H,3-6,11H2,1-2H3,(H2,17,19). The van der Waals surface area contributed by atoms with Crippen molar-refractivity contribution in [3.8, 4) is 11.3 Å². The maximum Gasteiger partial charge on any atom is 0.123 e. The predicted molar refractivity (Wildman–Crippen MR) is 83.2 cm³/mol. The van der Waals surface area contributed by atoms with Gasteiger partial charge in [-0.2, -0.15) is 0 Å². The van der Waals surface area contributed by atoms with Crippen LogP contribution in [0.15, 0.2) is 30.9 Å². The lowest BCUT2D eigenvalue weighted by Gasteiger charge is -2.17. The van der Waals surface area contributed by atoms with Gasteiger partial charge in [0.25, 0.3) is 0 Å². The first-order chi connectivity index (χ1) is 9.74. The highest BCUT2D eigenvalue weighted by molar-refractivity contribution is 5.59. The lowest BCUT2D eigenvalue weighted by Crippen LogP contribution is -2.10. The molecule has 4 nitrogen and oxygen atoms in total.